The van der Waals surface area contributed by atoms with E-state index in [-0.39, 0.29) is 10.6 Å². The molecule has 23 heavy (non-hydrogen) atoms. The number of H-pyrrole nitrogens is 1. The maximum absolute atomic E-state index is 13.9. The zero-order valence-corrected chi connectivity index (χ0v) is 13.4. The molecule has 0 bridgehead atoms. The number of fused-ring (bicyclic) bond motifs is 1. The number of nitrogens with one attached hydrogen (secondary N) is 2. The summed E-state index contributed by atoms with van der Waals surface area (Å²) in [6, 6.07) is 9.39. The number of aromatic amines is 1. The molecular formula is C16H15FN2O3S. The number of hydrogen-bond donors (Lipinski definition) is 2. The third kappa shape index (κ3) is 2.75. The van der Waals surface area contributed by atoms with Crippen LogP contribution >= 0.6 is 0 Å². The predicted octanol–water partition coefficient (Wildman–Crippen LogP) is 3.42. The molecule has 1 aromatic heterocycles. The summed E-state index contributed by atoms with van der Waals surface area (Å²) in [5.41, 5.74) is 1.19. The average Bonchev–Trinajstić information content (AvgIpc) is 2.95. The standard InChI is InChI=1S/C16H15FN2O3S/c1-10-6-7-13(12(17)8-10)19-23(20,21)15-9-18-16-11(15)4-3-5-14(16)22-2/h3-9,18-19H,1-2H3. The number of halogens is 1. The van der Waals surface area contributed by atoms with E-state index in [1.807, 2.05) is 0 Å². The second-order valence-electron chi connectivity index (χ2n) is 5.12. The van der Waals surface area contributed by atoms with Gasteiger partial charge in [-0.1, -0.05) is 18.2 Å². The molecule has 0 saturated carbocycles. The molecule has 2 aromatic carbocycles. The molecule has 0 fully saturated rings. The first-order valence-electron chi connectivity index (χ1n) is 6.85. The van der Waals surface area contributed by atoms with Crippen LogP contribution in [0.4, 0.5) is 10.1 Å². The van der Waals surface area contributed by atoms with Crippen molar-refractivity contribution in [2.24, 2.45) is 0 Å². The number of para-hydroxylation sites is 1. The van der Waals surface area contributed by atoms with Gasteiger partial charge < -0.3 is 9.72 Å². The second kappa shape index (κ2) is 5.58. The van der Waals surface area contributed by atoms with Crippen molar-refractivity contribution in [3.05, 3.63) is 54.0 Å². The number of methoxy groups -OCH3 is 1. The van der Waals surface area contributed by atoms with Crippen LogP contribution in [0.3, 0.4) is 0 Å². The molecule has 0 aliphatic heterocycles. The lowest BCUT2D eigenvalue weighted by Crippen LogP contribution is -2.13. The zero-order chi connectivity index (χ0) is 16.6. The monoisotopic (exact) mass is 334 g/mol. The number of sulfonamides is 1. The molecular weight excluding hydrogens is 319 g/mol. The zero-order valence-electron chi connectivity index (χ0n) is 12.6. The first kappa shape index (κ1) is 15.4. The summed E-state index contributed by atoms with van der Waals surface area (Å²) in [4.78, 5) is 2.92. The number of benzene rings is 2. The van der Waals surface area contributed by atoms with Gasteiger partial charge in [0.25, 0.3) is 10.0 Å². The highest BCUT2D eigenvalue weighted by Crippen LogP contribution is 2.30. The van der Waals surface area contributed by atoms with Gasteiger partial charge in [0, 0.05) is 11.6 Å². The van der Waals surface area contributed by atoms with Crippen molar-refractivity contribution in [3.8, 4) is 5.75 Å². The van der Waals surface area contributed by atoms with E-state index in [0.29, 0.717) is 22.2 Å². The minimum Gasteiger partial charge on any atom is -0.495 e. The van der Waals surface area contributed by atoms with Crippen LogP contribution in [0.5, 0.6) is 5.75 Å². The van der Waals surface area contributed by atoms with Crippen molar-refractivity contribution in [1.82, 2.24) is 4.98 Å². The van der Waals surface area contributed by atoms with E-state index in [9.17, 15) is 12.8 Å². The van der Waals surface area contributed by atoms with Crippen molar-refractivity contribution in [2.75, 3.05) is 11.8 Å². The highest BCUT2D eigenvalue weighted by molar-refractivity contribution is 7.93. The Labute approximate surface area is 133 Å². The predicted molar refractivity (Wildman–Crippen MR) is 86.8 cm³/mol. The van der Waals surface area contributed by atoms with Crippen molar-refractivity contribution < 1.29 is 17.5 Å². The minimum atomic E-state index is -3.93. The lowest BCUT2D eigenvalue weighted by Gasteiger charge is -2.09. The van der Waals surface area contributed by atoms with Crippen LogP contribution in [0.2, 0.25) is 0 Å². The van der Waals surface area contributed by atoms with Crippen LogP contribution < -0.4 is 9.46 Å². The third-order valence-corrected chi connectivity index (χ3v) is 4.92. The van der Waals surface area contributed by atoms with E-state index in [4.69, 9.17) is 4.74 Å². The van der Waals surface area contributed by atoms with Crippen molar-refractivity contribution in [3.63, 3.8) is 0 Å². The molecule has 0 radical (unpaired) electrons. The highest BCUT2D eigenvalue weighted by Gasteiger charge is 2.21. The molecule has 0 aliphatic rings. The Bertz CT molecular complexity index is 980. The fraction of sp³-hybridized carbons (Fsp3) is 0.125. The van der Waals surface area contributed by atoms with Crippen LogP contribution in [0.1, 0.15) is 5.56 Å². The first-order chi connectivity index (χ1) is 10.9. The van der Waals surface area contributed by atoms with E-state index in [0.717, 1.165) is 0 Å². The smallest absolute Gasteiger partial charge is 0.264 e. The molecule has 0 saturated heterocycles. The van der Waals surface area contributed by atoms with Gasteiger partial charge in [0.05, 0.1) is 18.3 Å². The van der Waals surface area contributed by atoms with Gasteiger partial charge in [0.15, 0.2) is 0 Å². The van der Waals surface area contributed by atoms with Gasteiger partial charge >= 0.3 is 0 Å². The Morgan fingerprint density at radius 3 is 2.70 bits per heavy atom. The van der Waals surface area contributed by atoms with Gasteiger partial charge in [0.1, 0.15) is 16.5 Å². The van der Waals surface area contributed by atoms with E-state index >= 15 is 0 Å². The molecule has 0 spiro atoms. The van der Waals surface area contributed by atoms with E-state index in [1.165, 1.54) is 25.4 Å². The molecule has 5 nitrogen and oxygen atoms in total. The Morgan fingerprint density at radius 2 is 2.00 bits per heavy atom. The summed E-state index contributed by atoms with van der Waals surface area (Å²) in [7, 11) is -2.43. The van der Waals surface area contributed by atoms with Gasteiger partial charge in [-0.15, -0.1) is 0 Å². The average molecular weight is 334 g/mol. The van der Waals surface area contributed by atoms with Gasteiger partial charge in [-0.3, -0.25) is 4.72 Å². The van der Waals surface area contributed by atoms with Crippen molar-refractivity contribution >= 4 is 26.6 Å². The van der Waals surface area contributed by atoms with Crippen molar-refractivity contribution in [1.29, 1.82) is 0 Å². The Morgan fingerprint density at radius 1 is 1.22 bits per heavy atom. The topological polar surface area (TPSA) is 71.2 Å². The van der Waals surface area contributed by atoms with E-state index in [1.54, 1.807) is 31.2 Å². The maximum atomic E-state index is 13.9. The van der Waals surface area contributed by atoms with Crippen LogP contribution in [0, 0.1) is 12.7 Å². The number of hydrogen-bond acceptors (Lipinski definition) is 3. The number of rotatable bonds is 4. The fourth-order valence-electron chi connectivity index (χ4n) is 2.40. The summed E-state index contributed by atoms with van der Waals surface area (Å²) in [6.07, 6.45) is 1.36. The van der Waals surface area contributed by atoms with Crippen LogP contribution in [-0.2, 0) is 10.0 Å². The number of anilines is 1. The molecule has 0 atom stereocenters. The Kier molecular flexibility index (Phi) is 3.73. The molecule has 0 aliphatic carbocycles. The molecule has 2 N–H and O–H groups in total. The molecule has 120 valence electrons. The Hall–Kier alpha value is -2.54. The fourth-order valence-corrected chi connectivity index (χ4v) is 3.63. The number of aryl methyl sites for hydroxylation is 1. The molecule has 1 heterocycles. The molecule has 3 rings (SSSR count). The lowest BCUT2D eigenvalue weighted by atomic mass is 10.2. The summed E-state index contributed by atoms with van der Waals surface area (Å²) in [6.45, 7) is 1.73. The molecule has 7 heteroatoms. The largest absolute Gasteiger partial charge is 0.495 e. The molecule has 3 aromatic rings. The maximum Gasteiger partial charge on any atom is 0.264 e. The van der Waals surface area contributed by atoms with Crippen LogP contribution in [0.15, 0.2) is 47.5 Å². The molecule has 0 amide bonds. The van der Waals surface area contributed by atoms with Gasteiger partial charge in [-0.2, -0.15) is 0 Å². The minimum absolute atomic E-state index is 0.0337. The summed E-state index contributed by atoms with van der Waals surface area (Å²) >= 11 is 0. The van der Waals surface area contributed by atoms with Crippen LogP contribution in [-0.4, -0.2) is 20.5 Å². The summed E-state index contributed by atoms with van der Waals surface area (Å²) in [5.74, 6) is -0.0866. The van der Waals surface area contributed by atoms with E-state index in [2.05, 4.69) is 9.71 Å². The number of aromatic nitrogens is 1. The van der Waals surface area contributed by atoms with Gasteiger partial charge in [0.2, 0.25) is 0 Å². The lowest BCUT2D eigenvalue weighted by molar-refractivity contribution is 0.419. The normalized spacial score (nSPS) is 11.6. The highest BCUT2D eigenvalue weighted by atomic mass is 32.2. The SMILES string of the molecule is COc1cccc2c(S(=O)(=O)Nc3ccc(C)cc3F)c[nH]c12. The Balaban J connectivity index is 2.06. The van der Waals surface area contributed by atoms with E-state index < -0.39 is 15.8 Å². The third-order valence-electron chi connectivity index (χ3n) is 3.52. The van der Waals surface area contributed by atoms with Gasteiger partial charge in [-0.05, 0) is 30.7 Å². The summed E-state index contributed by atoms with van der Waals surface area (Å²) < 4.78 is 46.5. The number of ether oxygens (including phenoxy) is 1. The van der Waals surface area contributed by atoms with Crippen LogP contribution in [0.25, 0.3) is 10.9 Å². The van der Waals surface area contributed by atoms with Gasteiger partial charge in [-0.25, -0.2) is 12.8 Å². The second-order valence-corrected chi connectivity index (χ2v) is 6.78. The molecule has 0 unspecified atom stereocenters. The summed E-state index contributed by atoms with van der Waals surface area (Å²) in [5, 5.41) is 0.476. The quantitative estimate of drug-likeness (QED) is 0.768. The van der Waals surface area contributed by atoms with Crippen molar-refractivity contribution in [2.45, 2.75) is 11.8 Å². The first-order valence-corrected chi connectivity index (χ1v) is 8.34.